The van der Waals surface area contributed by atoms with Crippen LogP contribution in [0.4, 0.5) is 0 Å². The fraction of sp³-hybridized carbons (Fsp3) is 0.344. The quantitative estimate of drug-likeness (QED) is 0.343. The molecule has 216 valence electrons. The van der Waals surface area contributed by atoms with Crippen molar-refractivity contribution in [1.82, 2.24) is 14.5 Å². The molecular formula is C32H37N3O5S. The van der Waals surface area contributed by atoms with Crippen molar-refractivity contribution in [2.45, 2.75) is 70.0 Å². The van der Waals surface area contributed by atoms with E-state index in [1.807, 2.05) is 75.4 Å². The maximum absolute atomic E-state index is 13.8. The molecule has 8 nitrogen and oxygen atoms in total. The van der Waals surface area contributed by atoms with Gasteiger partial charge in [-0.1, -0.05) is 79.2 Å². The average Bonchev–Trinajstić information content (AvgIpc) is 3.16. The normalized spacial score (nSPS) is 15.2. The largest absolute Gasteiger partial charge is 0.352 e. The number of aryl methyl sites for hydroxylation is 1. The van der Waals surface area contributed by atoms with E-state index in [4.69, 9.17) is 0 Å². The van der Waals surface area contributed by atoms with E-state index in [1.54, 1.807) is 17.0 Å². The number of hydrogen-bond donors (Lipinski definition) is 1. The van der Waals surface area contributed by atoms with E-state index in [2.05, 4.69) is 5.32 Å². The highest BCUT2D eigenvalue weighted by Gasteiger charge is 2.40. The van der Waals surface area contributed by atoms with Gasteiger partial charge < -0.3 is 10.2 Å². The molecule has 1 aliphatic rings. The lowest BCUT2D eigenvalue weighted by Crippen LogP contribution is -2.52. The molecule has 3 aromatic carbocycles. The van der Waals surface area contributed by atoms with Crippen molar-refractivity contribution in [2.24, 2.45) is 0 Å². The number of benzene rings is 3. The van der Waals surface area contributed by atoms with Crippen molar-refractivity contribution in [3.63, 3.8) is 0 Å². The van der Waals surface area contributed by atoms with Gasteiger partial charge in [0.25, 0.3) is 15.9 Å². The maximum atomic E-state index is 13.8. The minimum absolute atomic E-state index is 0.0121. The average molecular weight is 576 g/mol. The molecule has 0 spiro atoms. The maximum Gasteiger partial charge on any atom is 0.269 e. The molecule has 3 amide bonds. The Kier molecular flexibility index (Phi) is 9.60. The number of sulfonamides is 1. The van der Waals surface area contributed by atoms with Crippen molar-refractivity contribution in [3.05, 3.63) is 101 Å². The second-order valence-corrected chi connectivity index (χ2v) is 12.3. The van der Waals surface area contributed by atoms with Crippen LogP contribution in [0.3, 0.4) is 0 Å². The van der Waals surface area contributed by atoms with Gasteiger partial charge in [-0.15, -0.1) is 0 Å². The van der Waals surface area contributed by atoms with Crippen molar-refractivity contribution < 1.29 is 22.8 Å². The van der Waals surface area contributed by atoms with Gasteiger partial charge in [-0.05, 0) is 49.9 Å². The highest BCUT2D eigenvalue weighted by atomic mass is 32.2. The van der Waals surface area contributed by atoms with Gasteiger partial charge in [0.1, 0.15) is 10.9 Å². The number of rotatable bonds is 12. The number of carbonyl (C=O) groups is 3. The zero-order chi connectivity index (χ0) is 29.6. The van der Waals surface area contributed by atoms with Crippen LogP contribution in [-0.2, 0) is 32.6 Å². The van der Waals surface area contributed by atoms with Crippen LogP contribution in [0.5, 0.6) is 0 Å². The van der Waals surface area contributed by atoms with Crippen LogP contribution >= 0.6 is 0 Å². The fourth-order valence-electron chi connectivity index (χ4n) is 4.85. The number of fused-ring (bicyclic) bond motifs is 1. The molecule has 3 aromatic rings. The van der Waals surface area contributed by atoms with Crippen LogP contribution in [0.15, 0.2) is 83.8 Å². The molecule has 1 heterocycles. The van der Waals surface area contributed by atoms with Crippen LogP contribution in [0.25, 0.3) is 0 Å². The Bertz CT molecular complexity index is 1490. The molecule has 4 rings (SSSR count). The molecular weight excluding hydrogens is 538 g/mol. The minimum atomic E-state index is -3.96. The summed E-state index contributed by atoms with van der Waals surface area (Å²) in [6.07, 6.45) is 1.18. The van der Waals surface area contributed by atoms with Crippen LogP contribution < -0.4 is 5.32 Å². The SMILES string of the molecule is CC[C@H](C)NC(=O)[C@H](Cc1ccccc1)N(Cc1ccc(C)cc1)C(=O)CCCN1C(=O)c2ccccc2S1(=O)=O. The van der Waals surface area contributed by atoms with Gasteiger partial charge in [0, 0.05) is 32.0 Å². The molecule has 0 radical (unpaired) electrons. The second kappa shape index (κ2) is 13.1. The van der Waals surface area contributed by atoms with Crippen molar-refractivity contribution in [3.8, 4) is 0 Å². The first-order chi connectivity index (χ1) is 19.6. The van der Waals surface area contributed by atoms with E-state index < -0.39 is 22.0 Å². The van der Waals surface area contributed by atoms with Crippen molar-refractivity contribution in [2.75, 3.05) is 6.54 Å². The lowest BCUT2D eigenvalue weighted by atomic mass is 10.0. The number of carbonyl (C=O) groups excluding carboxylic acids is 3. The molecule has 0 aliphatic carbocycles. The Hall–Kier alpha value is -3.98. The molecule has 0 unspecified atom stereocenters. The fourth-order valence-corrected chi connectivity index (χ4v) is 6.46. The van der Waals surface area contributed by atoms with Gasteiger partial charge in [0.05, 0.1) is 5.56 Å². The molecule has 1 N–H and O–H groups in total. The first kappa shape index (κ1) is 30.0. The molecule has 0 saturated heterocycles. The molecule has 2 atom stereocenters. The number of nitrogens with one attached hydrogen (secondary N) is 1. The molecule has 1 aliphatic heterocycles. The van der Waals surface area contributed by atoms with E-state index in [0.29, 0.717) is 6.42 Å². The summed E-state index contributed by atoms with van der Waals surface area (Å²) >= 11 is 0. The Morgan fingerprint density at radius 3 is 2.24 bits per heavy atom. The molecule has 9 heteroatoms. The topological polar surface area (TPSA) is 104 Å². The van der Waals surface area contributed by atoms with Crippen LogP contribution in [0, 0.1) is 6.92 Å². The molecule has 0 bridgehead atoms. The van der Waals surface area contributed by atoms with Crippen LogP contribution in [-0.4, -0.2) is 54.0 Å². The summed E-state index contributed by atoms with van der Waals surface area (Å²) in [5, 5.41) is 3.04. The molecule has 0 aromatic heterocycles. The summed E-state index contributed by atoms with van der Waals surface area (Å²) < 4.78 is 26.8. The number of amides is 3. The summed E-state index contributed by atoms with van der Waals surface area (Å²) in [5.41, 5.74) is 3.03. The van der Waals surface area contributed by atoms with E-state index >= 15 is 0 Å². The van der Waals surface area contributed by atoms with Crippen LogP contribution in [0.2, 0.25) is 0 Å². The van der Waals surface area contributed by atoms with E-state index in [1.165, 1.54) is 12.1 Å². The lowest BCUT2D eigenvalue weighted by Gasteiger charge is -2.32. The zero-order valence-electron chi connectivity index (χ0n) is 23.7. The highest BCUT2D eigenvalue weighted by Crippen LogP contribution is 2.30. The molecule has 0 saturated carbocycles. The third kappa shape index (κ3) is 7.03. The monoisotopic (exact) mass is 575 g/mol. The summed E-state index contributed by atoms with van der Waals surface area (Å²) in [5.74, 6) is -1.11. The van der Waals surface area contributed by atoms with Crippen molar-refractivity contribution in [1.29, 1.82) is 0 Å². The van der Waals surface area contributed by atoms with Crippen LogP contribution in [0.1, 0.15) is 60.2 Å². The third-order valence-electron chi connectivity index (χ3n) is 7.41. The molecule has 0 fully saturated rings. The van der Waals surface area contributed by atoms with Gasteiger partial charge in [-0.25, -0.2) is 12.7 Å². The van der Waals surface area contributed by atoms with E-state index in [-0.39, 0.29) is 54.2 Å². The van der Waals surface area contributed by atoms with Gasteiger partial charge in [0.15, 0.2) is 0 Å². The minimum Gasteiger partial charge on any atom is -0.352 e. The Labute approximate surface area is 242 Å². The standard InChI is InChI=1S/C32H37N3O5S/c1-4-24(3)33-31(37)28(21-25-11-6-5-7-12-25)34(22-26-18-16-23(2)17-19-26)30(36)15-10-20-35-32(38)27-13-8-9-14-29(27)41(35,39)40/h5-9,11-14,16-19,24,28H,4,10,15,20-22H2,1-3H3,(H,33,37)/t24-,28-/m0/s1. The van der Waals surface area contributed by atoms with Gasteiger partial charge in [-0.3, -0.25) is 14.4 Å². The number of hydrogen-bond acceptors (Lipinski definition) is 5. The summed E-state index contributed by atoms with van der Waals surface area (Å²) in [4.78, 5) is 41.8. The molecule has 41 heavy (non-hydrogen) atoms. The Morgan fingerprint density at radius 2 is 1.59 bits per heavy atom. The Morgan fingerprint density at radius 1 is 0.927 bits per heavy atom. The van der Waals surface area contributed by atoms with E-state index in [9.17, 15) is 22.8 Å². The predicted molar refractivity (Wildman–Crippen MR) is 157 cm³/mol. The lowest BCUT2D eigenvalue weighted by molar-refractivity contribution is -0.141. The predicted octanol–water partition coefficient (Wildman–Crippen LogP) is 4.47. The zero-order valence-corrected chi connectivity index (χ0v) is 24.6. The van der Waals surface area contributed by atoms with E-state index in [0.717, 1.165) is 27.4 Å². The summed E-state index contributed by atoms with van der Waals surface area (Å²) in [6.45, 7) is 5.99. The van der Waals surface area contributed by atoms with Gasteiger partial charge >= 0.3 is 0 Å². The number of nitrogens with zero attached hydrogens (tertiary/aromatic N) is 2. The third-order valence-corrected chi connectivity index (χ3v) is 9.25. The summed E-state index contributed by atoms with van der Waals surface area (Å²) in [7, 11) is -3.96. The first-order valence-corrected chi connectivity index (χ1v) is 15.4. The highest BCUT2D eigenvalue weighted by molar-refractivity contribution is 7.90. The second-order valence-electron chi connectivity index (χ2n) is 10.5. The van der Waals surface area contributed by atoms with Crippen molar-refractivity contribution >= 4 is 27.7 Å². The smallest absolute Gasteiger partial charge is 0.269 e. The first-order valence-electron chi connectivity index (χ1n) is 14.0. The Balaban J connectivity index is 1.57. The summed E-state index contributed by atoms with van der Waals surface area (Å²) in [6, 6.07) is 22.6. The van der Waals surface area contributed by atoms with Gasteiger partial charge in [0.2, 0.25) is 11.8 Å². The van der Waals surface area contributed by atoms with Gasteiger partial charge in [-0.2, -0.15) is 0 Å².